The standard InChI is InChI=1S/C13H15BrN4O2/c14-10-5-8-2-4-19-12(8)9(6-10)7-16-13-18-17-11(20-13)1-3-15/h5-6H,1-4,7,15H2,(H,16,18). The normalized spacial score (nSPS) is 13.1. The van der Waals surface area contributed by atoms with Crippen molar-refractivity contribution in [3.63, 3.8) is 0 Å². The van der Waals surface area contributed by atoms with Gasteiger partial charge in [-0.15, -0.1) is 5.10 Å². The molecule has 2 aromatic rings. The van der Waals surface area contributed by atoms with Crippen molar-refractivity contribution in [2.24, 2.45) is 5.73 Å². The number of hydrogen-bond acceptors (Lipinski definition) is 6. The summed E-state index contributed by atoms with van der Waals surface area (Å²) in [7, 11) is 0. The number of anilines is 1. The number of nitrogens with two attached hydrogens (primary N) is 1. The summed E-state index contributed by atoms with van der Waals surface area (Å²) in [6.45, 7) is 1.81. The van der Waals surface area contributed by atoms with E-state index in [1.807, 2.05) is 6.07 Å². The maximum absolute atomic E-state index is 5.67. The minimum atomic E-state index is 0.403. The molecule has 0 saturated heterocycles. The highest BCUT2D eigenvalue weighted by Crippen LogP contribution is 2.33. The second kappa shape index (κ2) is 5.80. The number of hydrogen-bond donors (Lipinski definition) is 2. The Labute approximate surface area is 124 Å². The monoisotopic (exact) mass is 338 g/mol. The molecule has 7 heteroatoms. The van der Waals surface area contributed by atoms with Crippen molar-refractivity contribution in [2.45, 2.75) is 19.4 Å². The number of aromatic nitrogens is 2. The van der Waals surface area contributed by atoms with Crippen molar-refractivity contribution >= 4 is 21.9 Å². The van der Waals surface area contributed by atoms with E-state index >= 15 is 0 Å². The van der Waals surface area contributed by atoms with E-state index in [4.69, 9.17) is 14.9 Å². The van der Waals surface area contributed by atoms with Crippen molar-refractivity contribution < 1.29 is 9.15 Å². The Kier molecular flexibility index (Phi) is 3.88. The van der Waals surface area contributed by atoms with Gasteiger partial charge in [0.25, 0.3) is 0 Å². The van der Waals surface area contributed by atoms with Crippen LogP contribution in [0, 0.1) is 0 Å². The van der Waals surface area contributed by atoms with E-state index < -0.39 is 0 Å². The average Bonchev–Trinajstić information content (AvgIpc) is 3.05. The fourth-order valence-corrected chi connectivity index (χ4v) is 2.75. The van der Waals surface area contributed by atoms with E-state index in [1.165, 1.54) is 5.56 Å². The molecular weight excluding hydrogens is 324 g/mol. The summed E-state index contributed by atoms with van der Waals surface area (Å²) >= 11 is 3.52. The smallest absolute Gasteiger partial charge is 0.315 e. The van der Waals surface area contributed by atoms with Gasteiger partial charge in [-0.25, -0.2) is 0 Å². The SMILES string of the molecule is NCCc1nnc(NCc2cc(Br)cc3c2OCC3)o1. The van der Waals surface area contributed by atoms with Crippen molar-refractivity contribution in [2.75, 3.05) is 18.5 Å². The third-order valence-electron chi connectivity index (χ3n) is 3.08. The average molecular weight is 339 g/mol. The summed E-state index contributed by atoms with van der Waals surface area (Å²) in [5.41, 5.74) is 7.74. The molecule has 1 aliphatic heterocycles. The molecular formula is C13H15BrN4O2. The quantitative estimate of drug-likeness (QED) is 0.865. The second-order valence-electron chi connectivity index (χ2n) is 4.54. The minimum Gasteiger partial charge on any atom is -0.493 e. The highest BCUT2D eigenvalue weighted by atomic mass is 79.9. The van der Waals surface area contributed by atoms with Crippen LogP contribution in [0.25, 0.3) is 0 Å². The summed E-state index contributed by atoms with van der Waals surface area (Å²) < 4.78 is 12.2. The van der Waals surface area contributed by atoms with Gasteiger partial charge in [-0.1, -0.05) is 21.0 Å². The lowest BCUT2D eigenvalue weighted by atomic mass is 10.1. The molecule has 1 aliphatic rings. The van der Waals surface area contributed by atoms with E-state index in [0.717, 1.165) is 28.8 Å². The molecule has 0 spiro atoms. The molecule has 2 heterocycles. The Hall–Kier alpha value is -1.60. The second-order valence-corrected chi connectivity index (χ2v) is 5.46. The molecule has 6 nitrogen and oxygen atoms in total. The lowest BCUT2D eigenvalue weighted by Crippen LogP contribution is -2.02. The van der Waals surface area contributed by atoms with Gasteiger partial charge in [0, 0.05) is 36.0 Å². The van der Waals surface area contributed by atoms with E-state index in [1.54, 1.807) is 0 Å². The van der Waals surface area contributed by atoms with Crippen LogP contribution in [0.2, 0.25) is 0 Å². The number of halogens is 1. The van der Waals surface area contributed by atoms with Gasteiger partial charge in [-0.05, 0) is 17.7 Å². The number of nitrogens with zero attached hydrogens (tertiary/aromatic N) is 2. The highest BCUT2D eigenvalue weighted by Gasteiger charge is 2.17. The summed E-state index contributed by atoms with van der Waals surface area (Å²) in [4.78, 5) is 0. The molecule has 0 bridgehead atoms. The Morgan fingerprint density at radius 1 is 1.35 bits per heavy atom. The Morgan fingerprint density at radius 2 is 2.25 bits per heavy atom. The van der Waals surface area contributed by atoms with E-state index in [-0.39, 0.29) is 0 Å². The zero-order valence-electron chi connectivity index (χ0n) is 10.9. The lowest BCUT2D eigenvalue weighted by molar-refractivity contribution is 0.353. The molecule has 1 aromatic heterocycles. The van der Waals surface area contributed by atoms with Crippen molar-refractivity contribution in [3.05, 3.63) is 33.6 Å². The maximum atomic E-state index is 5.67. The van der Waals surface area contributed by atoms with Crippen molar-refractivity contribution in [1.82, 2.24) is 10.2 Å². The first-order valence-electron chi connectivity index (χ1n) is 6.46. The molecule has 0 atom stereocenters. The van der Waals surface area contributed by atoms with Gasteiger partial charge in [0.05, 0.1) is 6.61 Å². The van der Waals surface area contributed by atoms with Crippen molar-refractivity contribution in [3.8, 4) is 5.75 Å². The molecule has 20 heavy (non-hydrogen) atoms. The van der Waals surface area contributed by atoms with Crippen LogP contribution >= 0.6 is 15.9 Å². The van der Waals surface area contributed by atoms with Gasteiger partial charge < -0.3 is 20.2 Å². The number of nitrogens with one attached hydrogen (secondary N) is 1. The van der Waals surface area contributed by atoms with Gasteiger partial charge >= 0.3 is 6.01 Å². The Bertz CT molecular complexity index is 614. The highest BCUT2D eigenvalue weighted by molar-refractivity contribution is 9.10. The van der Waals surface area contributed by atoms with E-state index in [0.29, 0.717) is 31.4 Å². The number of fused-ring (bicyclic) bond motifs is 1. The first-order chi connectivity index (χ1) is 9.76. The van der Waals surface area contributed by atoms with Gasteiger partial charge in [-0.2, -0.15) is 0 Å². The van der Waals surface area contributed by atoms with Gasteiger partial charge in [0.2, 0.25) is 5.89 Å². The number of ether oxygens (including phenoxy) is 1. The molecule has 0 saturated carbocycles. The fraction of sp³-hybridized carbons (Fsp3) is 0.385. The first-order valence-corrected chi connectivity index (χ1v) is 7.26. The molecule has 0 fully saturated rings. The van der Waals surface area contributed by atoms with Gasteiger partial charge in [0.15, 0.2) is 0 Å². The summed E-state index contributed by atoms with van der Waals surface area (Å²) in [5.74, 6) is 1.51. The first kappa shape index (κ1) is 13.4. The van der Waals surface area contributed by atoms with E-state index in [9.17, 15) is 0 Å². The van der Waals surface area contributed by atoms with Crippen LogP contribution in [0.4, 0.5) is 6.01 Å². The molecule has 0 radical (unpaired) electrons. The largest absolute Gasteiger partial charge is 0.493 e. The molecule has 106 valence electrons. The predicted molar refractivity (Wildman–Crippen MR) is 77.7 cm³/mol. The van der Waals surface area contributed by atoms with Crippen LogP contribution < -0.4 is 15.8 Å². The van der Waals surface area contributed by atoms with Gasteiger partial charge in [0.1, 0.15) is 5.75 Å². The van der Waals surface area contributed by atoms with Crippen LogP contribution in [-0.4, -0.2) is 23.3 Å². The fourth-order valence-electron chi connectivity index (χ4n) is 2.20. The summed E-state index contributed by atoms with van der Waals surface area (Å²) in [6.07, 6.45) is 1.53. The molecule has 0 amide bonds. The van der Waals surface area contributed by atoms with Crippen LogP contribution in [-0.2, 0) is 19.4 Å². The molecule has 3 rings (SSSR count). The van der Waals surface area contributed by atoms with Crippen LogP contribution in [0.3, 0.4) is 0 Å². The molecule has 0 aliphatic carbocycles. The zero-order chi connectivity index (χ0) is 13.9. The van der Waals surface area contributed by atoms with Crippen molar-refractivity contribution in [1.29, 1.82) is 0 Å². The Balaban J connectivity index is 1.72. The maximum Gasteiger partial charge on any atom is 0.315 e. The van der Waals surface area contributed by atoms with Crippen LogP contribution in [0.1, 0.15) is 17.0 Å². The van der Waals surface area contributed by atoms with Gasteiger partial charge in [-0.3, -0.25) is 0 Å². The Morgan fingerprint density at radius 3 is 3.10 bits per heavy atom. The van der Waals surface area contributed by atoms with Crippen LogP contribution in [0.5, 0.6) is 5.75 Å². The number of rotatable bonds is 5. The predicted octanol–water partition coefficient (Wildman–Crippen LogP) is 1.88. The summed E-state index contributed by atoms with van der Waals surface area (Å²) in [6, 6.07) is 4.53. The molecule has 3 N–H and O–H groups in total. The summed E-state index contributed by atoms with van der Waals surface area (Å²) in [5, 5.41) is 11.0. The third-order valence-corrected chi connectivity index (χ3v) is 3.54. The minimum absolute atomic E-state index is 0.403. The number of benzene rings is 1. The van der Waals surface area contributed by atoms with Crippen LogP contribution in [0.15, 0.2) is 21.0 Å². The lowest BCUT2D eigenvalue weighted by Gasteiger charge is -2.09. The molecule has 0 unspecified atom stereocenters. The zero-order valence-corrected chi connectivity index (χ0v) is 12.4. The molecule has 1 aromatic carbocycles. The topological polar surface area (TPSA) is 86.2 Å². The van der Waals surface area contributed by atoms with E-state index in [2.05, 4.69) is 37.5 Å². The third kappa shape index (κ3) is 2.78.